The SMILES string of the molecule is CCOC(=O)C=CC(=O)OCCO. The standard InChI is InChI=1S/C8H12O5/c1-2-12-7(10)3-4-8(11)13-6-5-9/h3-4,9H,2,5-6H2,1H3. The van der Waals surface area contributed by atoms with Crippen molar-refractivity contribution >= 4 is 11.9 Å². The number of carbonyl (C=O) groups excluding carboxylic acids is 2. The zero-order valence-electron chi connectivity index (χ0n) is 7.36. The van der Waals surface area contributed by atoms with Crippen LogP contribution in [-0.2, 0) is 19.1 Å². The number of hydrogen-bond donors (Lipinski definition) is 1. The lowest BCUT2D eigenvalue weighted by atomic mass is 10.5. The Bertz CT molecular complexity index is 197. The van der Waals surface area contributed by atoms with E-state index in [1.54, 1.807) is 6.92 Å². The highest BCUT2D eigenvalue weighted by molar-refractivity contribution is 5.91. The van der Waals surface area contributed by atoms with Gasteiger partial charge in [0.05, 0.1) is 13.2 Å². The molecule has 0 aliphatic heterocycles. The van der Waals surface area contributed by atoms with Crippen molar-refractivity contribution in [1.29, 1.82) is 0 Å². The summed E-state index contributed by atoms with van der Waals surface area (Å²) in [5, 5.41) is 8.28. The summed E-state index contributed by atoms with van der Waals surface area (Å²) in [5.41, 5.74) is 0. The lowest BCUT2D eigenvalue weighted by molar-refractivity contribution is -0.140. The molecule has 1 N–H and O–H groups in total. The molecule has 0 unspecified atom stereocenters. The van der Waals surface area contributed by atoms with E-state index in [9.17, 15) is 9.59 Å². The van der Waals surface area contributed by atoms with E-state index in [4.69, 9.17) is 5.11 Å². The number of esters is 2. The van der Waals surface area contributed by atoms with Crippen LogP contribution in [0.1, 0.15) is 6.92 Å². The van der Waals surface area contributed by atoms with Gasteiger partial charge in [-0.2, -0.15) is 0 Å². The second kappa shape index (κ2) is 7.30. The summed E-state index contributed by atoms with van der Waals surface area (Å²) in [7, 11) is 0. The molecule has 0 heterocycles. The molecule has 0 bridgehead atoms. The van der Waals surface area contributed by atoms with Crippen molar-refractivity contribution in [3.63, 3.8) is 0 Å². The number of aliphatic hydroxyl groups excluding tert-OH is 1. The van der Waals surface area contributed by atoms with Crippen LogP contribution in [0.2, 0.25) is 0 Å². The van der Waals surface area contributed by atoms with E-state index in [0.717, 1.165) is 12.2 Å². The maximum atomic E-state index is 10.7. The predicted molar refractivity (Wildman–Crippen MR) is 43.8 cm³/mol. The largest absolute Gasteiger partial charge is 0.463 e. The first-order valence-electron chi connectivity index (χ1n) is 3.83. The lowest BCUT2D eigenvalue weighted by Crippen LogP contribution is -2.07. The van der Waals surface area contributed by atoms with Gasteiger partial charge in [0.1, 0.15) is 6.61 Å². The maximum absolute atomic E-state index is 10.7. The van der Waals surface area contributed by atoms with Crippen LogP contribution in [0.25, 0.3) is 0 Å². The molecule has 0 aromatic heterocycles. The highest BCUT2D eigenvalue weighted by atomic mass is 16.5. The minimum atomic E-state index is -0.679. The van der Waals surface area contributed by atoms with Crippen molar-refractivity contribution in [2.75, 3.05) is 19.8 Å². The Kier molecular flexibility index (Phi) is 6.53. The predicted octanol–water partition coefficient (Wildman–Crippen LogP) is -0.359. The highest BCUT2D eigenvalue weighted by Crippen LogP contribution is 1.84. The fourth-order valence-electron chi connectivity index (χ4n) is 0.521. The molecule has 0 aliphatic rings. The van der Waals surface area contributed by atoms with Crippen molar-refractivity contribution in [2.24, 2.45) is 0 Å². The van der Waals surface area contributed by atoms with Gasteiger partial charge < -0.3 is 14.6 Å². The molecule has 74 valence electrons. The van der Waals surface area contributed by atoms with Gasteiger partial charge in [0, 0.05) is 12.2 Å². The summed E-state index contributed by atoms with van der Waals surface area (Å²) < 4.78 is 8.95. The van der Waals surface area contributed by atoms with E-state index in [2.05, 4.69) is 9.47 Å². The van der Waals surface area contributed by atoms with Gasteiger partial charge >= 0.3 is 11.9 Å². The van der Waals surface area contributed by atoms with Gasteiger partial charge in [-0.25, -0.2) is 9.59 Å². The molecular weight excluding hydrogens is 176 g/mol. The number of aliphatic hydroxyl groups is 1. The average molecular weight is 188 g/mol. The Morgan fingerprint density at radius 3 is 2.23 bits per heavy atom. The van der Waals surface area contributed by atoms with E-state index < -0.39 is 11.9 Å². The molecular formula is C8H12O5. The van der Waals surface area contributed by atoms with Gasteiger partial charge in [0.2, 0.25) is 0 Å². The van der Waals surface area contributed by atoms with Crippen LogP contribution in [0.3, 0.4) is 0 Å². The summed E-state index contributed by atoms with van der Waals surface area (Å²) in [6.45, 7) is 1.61. The van der Waals surface area contributed by atoms with Gasteiger partial charge in [-0.15, -0.1) is 0 Å². The average Bonchev–Trinajstić information content (AvgIpc) is 2.12. The third-order valence-electron chi connectivity index (χ3n) is 0.978. The fraction of sp³-hybridized carbons (Fsp3) is 0.500. The van der Waals surface area contributed by atoms with Crippen molar-refractivity contribution in [3.05, 3.63) is 12.2 Å². The Hall–Kier alpha value is -1.36. The lowest BCUT2D eigenvalue weighted by Gasteiger charge is -1.97. The quantitative estimate of drug-likeness (QED) is 0.471. The Morgan fingerprint density at radius 2 is 1.77 bits per heavy atom. The molecule has 0 saturated carbocycles. The zero-order chi connectivity index (χ0) is 10.1. The molecule has 5 heteroatoms. The molecule has 0 aromatic rings. The monoisotopic (exact) mass is 188 g/mol. The number of rotatable bonds is 5. The van der Waals surface area contributed by atoms with Crippen LogP contribution in [-0.4, -0.2) is 36.9 Å². The molecule has 0 spiro atoms. The summed E-state index contributed by atoms with van der Waals surface area (Å²) in [6.07, 6.45) is 1.93. The summed E-state index contributed by atoms with van der Waals surface area (Å²) in [5.74, 6) is -1.27. The minimum Gasteiger partial charge on any atom is -0.463 e. The Morgan fingerprint density at radius 1 is 1.23 bits per heavy atom. The summed E-state index contributed by atoms with van der Waals surface area (Å²) >= 11 is 0. The minimum absolute atomic E-state index is 0.0774. The van der Waals surface area contributed by atoms with Crippen molar-refractivity contribution in [1.82, 2.24) is 0 Å². The van der Waals surface area contributed by atoms with Crippen LogP contribution in [0.4, 0.5) is 0 Å². The molecule has 0 rings (SSSR count). The van der Waals surface area contributed by atoms with Crippen molar-refractivity contribution in [3.8, 4) is 0 Å². The van der Waals surface area contributed by atoms with Crippen LogP contribution in [0, 0.1) is 0 Å². The third kappa shape index (κ3) is 7.02. The number of ether oxygens (including phenoxy) is 2. The van der Waals surface area contributed by atoms with Crippen molar-refractivity contribution < 1.29 is 24.2 Å². The molecule has 5 nitrogen and oxygen atoms in total. The van der Waals surface area contributed by atoms with E-state index in [-0.39, 0.29) is 19.8 Å². The van der Waals surface area contributed by atoms with E-state index >= 15 is 0 Å². The van der Waals surface area contributed by atoms with E-state index in [0.29, 0.717) is 0 Å². The van der Waals surface area contributed by atoms with Gasteiger partial charge in [0.15, 0.2) is 0 Å². The molecule has 0 saturated heterocycles. The fourth-order valence-corrected chi connectivity index (χ4v) is 0.521. The first-order valence-corrected chi connectivity index (χ1v) is 3.83. The second-order valence-corrected chi connectivity index (χ2v) is 1.98. The smallest absolute Gasteiger partial charge is 0.331 e. The Balaban J connectivity index is 3.69. The zero-order valence-corrected chi connectivity index (χ0v) is 7.36. The van der Waals surface area contributed by atoms with Gasteiger partial charge in [-0.1, -0.05) is 0 Å². The molecule has 0 radical (unpaired) electrons. The van der Waals surface area contributed by atoms with Gasteiger partial charge in [-0.3, -0.25) is 0 Å². The van der Waals surface area contributed by atoms with Gasteiger partial charge in [0.25, 0.3) is 0 Å². The van der Waals surface area contributed by atoms with E-state index in [1.807, 2.05) is 0 Å². The normalized spacial score (nSPS) is 10.0. The van der Waals surface area contributed by atoms with Crippen molar-refractivity contribution in [2.45, 2.75) is 6.92 Å². The van der Waals surface area contributed by atoms with E-state index in [1.165, 1.54) is 0 Å². The Labute approximate surface area is 75.9 Å². The van der Waals surface area contributed by atoms with Crippen LogP contribution < -0.4 is 0 Å². The van der Waals surface area contributed by atoms with Crippen LogP contribution in [0.15, 0.2) is 12.2 Å². The molecule has 13 heavy (non-hydrogen) atoms. The summed E-state index contributed by atoms with van der Waals surface area (Å²) in [6, 6.07) is 0. The summed E-state index contributed by atoms with van der Waals surface area (Å²) in [4.78, 5) is 21.3. The number of hydrogen-bond acceptors (Lipinski definition) is 5. The highest BCUT2D eigenvalue weighted by Gasteiger charge is 1.98. The maximum Gasteiger partial charge on any atom is 0.331 e. The third-order valence-corrected chi connectivity index (χ3v) is 0.978. The molecule has 0 aromatic carbocycles. The molecule has 0 amide bonds. The first kappa shape index (κ1) is 11.6. The van der Waals surface area contributed by atoms with Crippen LogP contribution >= 0.6 is 0 Å². The van der Waals surface area contributed by atoms with Crippen LogP contribution in [0.5, 0.6) is 0 Å². The second-order valence-electron chi connectivity index (χ2n) is 1.98. The van der Waals surface area contributed by atoms with Gasteiger partial charge in [-0.05, 0) is 6.92 Å². The molecule has 0 atom stereocenters. The topological polar surface area (TPSA) is 72.8 Å². The first-order chi connectivity index (χ1) is 6.20. The molecule has 0 aliphatic carbocycles. The number of carbonyl (C=O) groups is 2. The molecule has 0 fully saturated rings.